The molecule has 0 unspecified atom stereocenters. The highest BCUT2D eigenvalue weighted by atomic mass is 19.1. The van der Waals surface area contributed by atoms with Gasteiger partial charge in [-0.3, -0.25) is 4.79 Å². The molecule has 0 bridgehead atoms. The Hall–Kier alpha value is -2.37. The fourth-order valence-corrected chi connectivity index (χ4v) is 1.91. The van der Waals surface area contributed by atoms with Crippen molar-refractivity contribution in [1.82, 2.24) is 9.55 Å². The third kappa shape index (κ3) is 3.34. The van der Waals surface area contributed by atoms with Crippen molar-refractivity contribution in [2.45, 2.75) is 26.3 Å². The molecule has 0 fully saturated rings. The maximum atomic E-state index is 13.0. The first-order valence-corrected chi connectivity index (χ1v) is 6.45. The summed E-state index contributed by atoms with van der Waals surface area (Å²) in [6.07, 6.45) is 5.23. The number of rotatable bonds is 5. The van der Waals surface area contributed by atoms with E-state index in [1.54, 1.807) is 17.0 Å². The second-order valence-electron chi connectivity index (χ2n) is 4.51. The summed E-state index contributed by atoms with van der Waals surface area (Å²) in [4.78, 5) is 16.1. The molecule has 2 rings (SSSR count). The van der Waals surface area contributed by atoms with Crippen molar-refractivity contribution in [3.63, 3.8) is 0 Å². The number of amides is 1. The van der Waals surface area contributed by atoms with E-state index in [0.29, 0.717) is 5.69 Å². The second-order valence-corrected chi connectivity index (χ2v) is 4.51. The van der Waals surface area contributed by atoms with Gasteiger partial charge in [0.1, 0.15) is 18.2 Å². The number of hydrogen-bond acceptors (Lipinski definition) is 3. The van der Waals surface area contributed by atoms with Crippen molar-refractivity contribution in [2.24, 2.45) is 0 Å². The third-order valence-electron chi connectivity index (χ3n) is 2.87. The molecule has 2 aromatic rings. The molecule has 5 nitrogen and oxygen atoms in total. The van der Waals surface area contributed by atoms with Crippen LogP contribution < -0.4 is 11.1 Å². The number of nitrogens with one attached hydrogen (secondary N) is 1. The molecule has 0 spiro atoms. The van der Waals surface area contributed by atoms with Gasteiger partial charge in [0.15, 0.2) is 0 Å². The standard InChI is InChI=1S/C14H17FN4O/c1-2-3-13-17-6-7-19(13)9-14(20)18-10-4-5-11(15)12(16)8-10/h4-8H,2-3,9,16H2,1H3,(H,18,20). The van der Waals surface area contributed by atoms with E-state index in [9.17, 15) is 9.18 Å². The van der Waals surface area contributed by atoms with Crippen LogP contribution >= 0.6 is 0 Å². The van der Waals surface area contributed by atoms with E-state index in [4.69, 9.17) is 5.73 Å². The molecule has 0 aliphatic carbocycles. The Morgan fingerprint density at radius 3 is 3.00 bits per heavy atom. The number of hydrogen-bond donors (Lipinski definition) is 2. The number of imidazole rings is 1. The summed E-state index contributed by atoms with van der Waals surface area (Å²) in [6.45, 7) is 2.23. The van der Waals surface area contributed by atoms with Gasteiger partial charge in [0.2, 0.25) is 5.91 Å². The van der Waals surface area contributed by atoms with Gasteiger partial charge in [-0.25, -0.2) is 9.37 Å². The predicted molar refractivity (Wildman–Crippen MR) is 75.7 cm³/mol. The number of aryl methyl sites for hydroxylation is 1. The topological polar surface area (TPSA) is 72.9 Å². The van der Waals surface area contributed by atoms with Gasteiger partial charge in [0.25, 0.3) is 0 Å². The van der Waals surface area contributed by atoms with E-state index in [-0.39, 0.29) is 18.1 Å². The first-order valence-electron chi connectivity index (χ1n) is 6.45. The van der Waals surface area contributed by atoms with E-state index < -0.39 is 5.82 Å². The first kappa shape index (κ1) is 14.0. The Kier molecular flexibility index (Phi) is 4.34. The molecule has 0 radical (unpaired) electrons. The second kappa shape index (κ2) is 6.18. The Labute approximate surface area is 116 Å². The number of nitrogens with two attached hydrogens (primary N) is 1. The van der Waals surface area contributed by atoms with Gasteiger partial charge < -0.3 is 15.6 Å². The van der Waals surface area contributed by atoms with Crippen LogP contribution in [0.25, 0.3) is 0 Å². The van der Waals surface area contributed by atoms with Crippen LogP contribution in [-0.2, 0) is 17.8 Å². The van der Waals surface area contributed by atoms with Crippen molar-refractivity contribution < 1.29 is 9.18 Å². The minimum absolute atomic E-state index is 0.0112. The molecule has 3 N–H and O–H groups in total. The Bertz CT molecular complexity index is 609. The quantitative estimate of drug-likeness (QED) is 0.822. The van der Waals surface area contributed by atoms with Crippen molar-refractivity contribution in [1.29, 1.82) is 0 Å². The van der Waals surface area contributed by atoms with Crippen molar-refractivity contribution in [3.8, 4) is 0 Å². The van der Waals surface area contributed by atoms with Gasteiger partial charge in [-0.2, -0.15) is 0 Å². The van der Waals surface area contributed by atoms with Crippen LogP contribution in [0.4, 0.5) is 15.8 Å². The molecule has 20 heavy (non-hydrogen) atoms. The summed E-state index contributed by atoms with van der Waals surface area (Å²) in [5.74, 6) is 0.176. The normalized spacial score (nSPS) is 10.5. The van der Waals surface area contributed by atoms with Gasteiger partial charge in [0, 0.05) is 24.5 Å². The molecule has 1 aromatic heterocycles. The molecule has 1 aromatic carbocycles. The Balaban J connectivity index is 2.01. The van der Waals surface area contributed by atoms with Crippen molar-refractivity contribution in [3.05, 3.63) is 42.2 Å². The van der Waals surface area contributed by atoms with Gasteiger partial charge in [-0.15, -0.1) is 0 Å². The monoisotopic (exact) mass is 276 g/mol. The average Bonchev–Trinajstić information content (AvgIpc) is 2.82. The molecule has 6 heteroatoms. The zero-order chi connectivity index (χ0) is 14.5. The SMILES string of the molecule is CCCc1nccn1CC(=O)Nc1ccc(F)c(N)c1. The molecule has 0 aliphatic heterocycles. The minimum Gasteiger partial charge on any atom is -0.396 e. The molecule has 1 amide bonds. The number of aromatic nitrogens is 2. The fourth-order valence-electron chi connectivity index (χ4n) is 1.91. The molecule has 0 atom stereocenters. The first-order chi connectivity index (χ1) is 9.60. The van der Waals surface area contributed by atoms with Crippen LogP contribution in [0, 0.1) is 5.82 Å². The highest BCUT2D eigenvalue weighted by Gasteiger charge is 2.08. The van der Waals surface area contributed by atoms with E-state index in [1.807, 2.05) is 0 Å². The fraction of sp³-hybridized carbons (Fsp3) is 0.286. The smallest absolute Gasteiger partial charge is 0.244 e. The number of nitrogens with zero attached hydrogens (tertiary/aromatic N) is 2. The molecule has 0 aliphatic rings. The number of anilines is 2. The number of nitrogen functional groups attached to an aromatic ring is 1. The lowest BCUT2D eigenvalue weighted by Gasteiger charge is -2.09. The lowest BCUT2D eigenvalue weighted by molar-refractivity contribution is -0.116. The maximum absolute atomic E-state index is 13.0. The summed E-state index contributed by atoms with van der Waals surface area (Å²) in [5, 5.41) is 2.68. The summed E-state index contributed by atoms with van der Waals surface area (Å²) in [6, 6.07) is 4.10. The summed E-state index contributed by atoms with van der Waals surface area (Å²) in [5.41, 5.74) is 5.94. The van der Waals surface area contributed by atoms with Crippen LogP contribution in [0.15, 0.2) is 30.6 Å². The lowest BCUT2D eigenvalue weighted by atomic mass is 10.2. The number of carbonyl (C=O) groups is 1. The molecule has 0 saturated heterocycles. The number of halogens is 1. The predicted octanol–water partition coefficient (Wildman–Crippen LogP) is 2.20. The molecule has 0 saturated carbocycles. The summed E-state index contributed by atoms with van der Waals surface area (Å²) in [7, 11) is 0. The van der Waals surface area contributed by atoms with Crippen molar-refractivity contribution in [2.75, 3.05) is 11.1 Å². The van der Waals surface area contributed by atoms with Crippen LogP contribution in [-0.4, -0.2) is 15.5 Å². The van der Waals surface area contributed by atoms with Crippen LogP contribution in [0.1, 0.15) is 19.2 Å². The van der Waals surface area contributed by atoms with Gasteiger partial charge >= 0.3 is 0 Å². The zero-order valence-corrected chi connectivity index (χ0v) is 11.3. The van der Waals surface area contributed by atoms with Gasteiger partial charge in [-0.05, 0) is 24.6 Å². The maximum Gasteiger partial charge on any atom is 0.244 e. The summed E-state index contributed by atoms with van der Waals surface area (Å²) < 4.78 is 14.8. The molecular formula is C14H17FN4O. The third-order valence-corrected chi connectivity index (χ3v) is 2.87. The number of benzene rings is 1. The Morgan fingerprint density at radius 2 is 2.30 bits per heavy atom. The average molecular weight is 276 g/mol. The van der Waals surface area contributed by atoms with Crippen LogP contribution in [0.3, 0.4) is 0 Å². The van der Waals surface area contributed by atoms with E-state index in [0.717, 1.165) is 18.7 Å². The lowest BCUT2D eigenvalue weighted by Crippen LogP contribution is -2.20. The van der Waals surface area contributed by atoms with E-state index >= 15 is 0 Å². The Morgan fingerprint density at radius 1 is 1.50 bits per heavy atom. The largest absolute Gasteiger partial charge is 0.396 e. The minimum atomic E-state index is -0.497. The highest BCUT2D eigenvalue weighted by Crippen LogP contribution is 2.16. The summed E-state index contributed by atoms with van der Waals surface area (Å²) >= 11 is 0. The van der Waals surface area contributed by atoms with Gasteiger partial charge in [-0.1, -0.05) is 6.92 Å². The zero-order valence-electron chi connectivity index (χ0n) is 11.3. The molecular weight excluding hydrogens is 259 g/mol. The highest BCUT2D eigenvalue weighted by molar-refractivity contribution is 5.91. The van der Waals surface area contributed by atoms with Crippen LogP contribution in [0.2, 0.25) is 0 Å². The molecule has 1 heterocycles. The van der Waals surface area contributed by atoms with Crippen LogP contribution in [0.5, 0.6) is 0 Å². The van der Waals surface area contributed by atoms with Gasteiger partial charge in [0.05, 0.1) is 5.69 Å². The van der Waals surface area contributed by atoms with E-state index in [1.165, 1.54) is 18.2 Å². The molecule has 106 valence electrons. The van der Waals surface area contributed by atoms with E-state index in [2.05, 4.69) is 17.2 Å². The number of carbonyl (C=O) groups excluding carboxylic acids is 1. The van der Waals surface area contributed by atoms with Crippen molar-refractivity contribution >= 4 is 17.3 Å².